The van der Waals surface area contributed by atoms with Crippen molar-refractivity contribution in [3.63, 3.8) is 0 Å². The van der Waals surface area contributed by atoms with Crippen molar-refractivity contribution in [2.75, 3.05) is 5.32 Å². The Balaban J connectivity index is 2.14. The van der Waals surface area contributed by atoms with E-state index in [9.17, 15) is 4.39 Å². The molecule has 1 N–H and O–H groups in total. The fourth-order valence-corrected chi connectivity index (χ4v) is 2.00. The topological polar surface area (TPSA) is 12.0 Å². The van der Waals surface area contributed by atoms with E-state index < -0.39 is 0 Å². The van der Waals surface area contributed by atoms with Gasteiger partial charge in [0.25, 0.3) is 0 Å². The molecule has 1 atom stereocenters. The van der Waals surface area contributed by atoms with E-state index in [0.717, 1.165) is 16.3 Å². The maximum atomic E-state index is 12.8. The van der Waals surface area contributed by atoms with Crippen LogP contribution < -0.4 is 5.32 Å². The lowest BCUT2D eigenvalue weighted by molar-refractivity contribution is 0.628. The SMILES string of the molecule is CC(Nc1ccc(F)cc1)c1ccccc1Cl. The van der Waals surface area contributed by atoms with E-state index in [-0.39, 0.29) is 11.9 Å². The predicted molar refractivity (Wildman–Crippen MR) is 69.9 cm³/mol. The first-order valence-corrected chi connectivity index (χ1v) is 5.81. The summed E-state index contributed by atoms with van der Waals surface area (Å²) in [6, 6.07) is 14.0. The maximum absolute atomic E-state index is 12.8. The number of rotatable bonds is 3. The minimum absolute atomic E-state index is 0.0779. The summed E-state index contributed by atoms with van der Waals surface area (Å²) in [5, 5.41) is 4.01. The van der Waals surface area contributed by atoms with Gasteiger partial charge in [0, 0.05) is 16.8 Å². The molecule has 0 aliphatic carbocycles. The second kappa shape index (κ2) is 5.19. The van der Waals surface area contributed by atoms with Gasteiger partial charge in [-0.25, -0.2) is 4.39 Å². The van der Waals surface area contributed by atoms with Gasteiger partial charge in [0.2, 0.25) is 0 Å². The average Bonchev–Trinajstić information content (AvgIpc) is 2.32. The Bertz CT molecular complexity index is 496. The second-order valence-corrected chi connectivity index (χ2v) is 4.30. The third-order valence-electron chi connectivity index (χ3n) is 2.60. The molecule has 0 saturated heterocycles. The largest absolute Gasteiger partial charge is 0.378 e. The molecule has 0 bridgehead atoms. The fraction of sp³-hybridized carbons (Fsp3) is 0.143. The first-order valence-electron chi connectivity index (χ1n) is 5.43. The molecular weight excluding hydrogens is 237 g/mol. The van der Waals surface area contributed by atoms with Crippen LogP contribution >= 0.6 is 11.6 Å². The number of hydrogen-bond donors (Lipinski definition) is 1. The van der Waals surface area contributed by atoms with Crippen molar-refractivity contribution < 1.29 is 4.39 Å². The van der Waals surface area contributed by atoms with Crippen molar-refractivity contribution in [1.29, 1.82) is 0 Å². The quantitative estimate of drug-likeness (QED) is 0.835. The molecule has 0 spiro atoms. The summed E-state index contributed by atoms with van der Waals surface area (Å²) in [6.45, 7) is 2.02. The molecule has 3 heteroatoms. The molecule has 0 heterocycles. The van der Waals surface area contributed by atoms with E-state index in [0.29, 0.717) is 0 Å². The molecule has 2 rings (SSSR count). The summed E-state index contributed by atoms with van der Waals surface area (Å²) >= 11 is 6.11. The Morgan fingerprint density at radius 2 is 1.71 bits per heavy atom. The molecule has 0 aromatic heterocycles. The van der Waals surface area contributed by atoms with Crippen LogP contribution in [-0.2, 0) is 0 Å². The Hall–Kier alpha value is -1.54. The molecule has 0 aliphatic heterocycles. The minimum atomic E-state index is -0.235. The fourth-order valence-electron chi connectivity index (χ4n) is 1.70. The lowest BCUT2D eigenvalue weighted by Crippen LogP contribution is -2.06. The highest BCUT2D eigenvalue weighted by Gasteiger charge is 2.08. The third-order valence-corrected chi connectivity index (χ3v) is 2.94. The predicted octanol–water partition coefficient (Wildman–Crippen LogP) is 4.65. The summed E-state index contributed by atoms with van der Waals surface area (Å²) < 4.78 is 12.8. The molecule has 88 valence electrons. The van der Waals surface area contributed by atoms with E-state index >= 15 is 0 Å². The van der Waals surface area contributed by atoms with Crippen LogP contribution in [-0.4, -0.2) is 0 Å². The lowest BCUT2D eigenvalue weighted by Gasteiger charge is -2.16. The Labute approximate surface area is 105 Å². The van der Waals surface area contributed by atoms with Gasteiger partial charge in [-0.2, -0.15) is 0 Å². The molecule has 1 unspecified atom stereocenters. The van der Waals surface area contributed by atoms with Gasteiger partial charge in [-0.1, -0.05) is 29.8 Å². The van der Waals surface area contributed by atoms with Crippen molar-refractivity contribution in [2.24, 2.45) is 0 Å². The zero-order valence-corrected chi connectivity index (χ0v) is 10.2. The van der Waals surface area contributed by atoms with Crippen molar-refractivity contribution in [2.45, 2.75) is 13.0 Å². The monoisotopic (exact) mass is 249 g/mol. The molecule has 2 aromatic rings. The summed E-state index contributed by atoms with van der Waals surface area (Å²) in [5.74, 6) is -0.235. The Kier molecular flexibility index (Phi) is 3.64. The summed E-state index contributed by atoms with van der Waals surface area (Å²) in [6.07, 6.45) is 0. The van der Waals surface area contributed by atoms with Crippen molar-refractivity contribution >= 4 is 17.3 Å². The summed E-state index contributed by atoms with van der Waals surface area (Å²) in [4.78, 5) is 0. The van der Waals surface area contributed by atoms with E-state index in [1.54, 1.807) is 12.1 Å². The molecule has 0 saturated carbocycles. The molecule has 0 fully saturated rings. The zero-order chi connectivity index (χ0) is 12.3. The average molecular weight is 250 g/mol. The van der Waals surface area contributed by atoms with Gasteiger partial charge < -0.3 is 5.32 Å². The van der Waals surface area contributed by atoms with Gasteiger partial charge in [0.05, 0.1) is 0 Å². The van der Waals surface area contributed by atoms with Gasteiger partial charge >= 0.3 is 0 Å². The van der Waals surface area contributed by atoms with Crippen molar-refractivity contribution in [1.82, 2.24) is 0 Å². The molecule has 0 radical (unpaired) electrons. The first-order chi connectivity index (χ1) is 8.16. The molecule has 2 aromatic carbocycles. The Morgan fingerprint density at radius 1 is 1.06 bits per heavy atom. The van der Waals surface area contributed by atoms with Crippen LogP contribution in [0.5, 0.6) is 0 Å². The third kappa shape index (κ3) is 2.98. The highest BCUT2D eigenvalue weighted by atomic mass is 35.5. The molecule has 1 nitrogen and oxygen atoms in total. The van der Waals surface area contributed by atoms with Gasteiger partial charge in [0.1, 0.15) is 5.82 Å². The highest BCUT2D eigenvalue weighted by molar-refractivity contribution is 6.31. The number of nitrogens with one attached hydrogen (secondary N) is 1. The van der Waals surface area contributed by atoms with E-state index in [1.165, 1.54) is 12.1 Å². The van der Waals surface area contributed by atoms with Gasteiger partial charge in [-0.15, -0.1) is 0 Å². The number of hydrogen-bond acceptors (Lipinski definition) is 1. The maximum Gasteiger partial charge on any atom is 0.123 e. The van der Waals surface area contributed by atoms with Crippen LogP contribution in [0.15, 0.2) is 48.5 Å². The van der Waals surface area contributed by atoms with Crippen LogP contribution in [0, 0.1) is 5.82 Å². The minimum Gasteiger partial charge on any atom is -0.378 e. The summed E-state index contributed by atoms with van der Waals surface area (Å²) in [7, 11) is 0. The highest BCUT2D eigenvalue weighted by Crippen LogP contribution is 2.25. The van der Waals surface area contributed by atoms with E-state index in [2.05, 4.69) is 5.32 Å². The van der Waals surface area contributed by atoms with Gasteiger partial charge in [0.15, 0.2) is 0 Å². The molecule has 0 aliphatic rings. The molecule has 0 amide bonds. The summed E-state index contributed by atoms with van der Waals surface area (Å²) in [5.41, 5.74) is 1.90. The van der Waals surface area contributed by atoms with Crippen LogP contribution in [0.4, 0.5) is 10.1 Å². The van der Waals surface area contributed by atoms with E-state index in [1.807, 2.05) is 31.2 Å². The van der Waals surface area contributed by atoms with Crippen LogP contribution in [0.3, 0.4) is 0 Å². The van der Waals surface area contributed by atoms with Gasteiger partial charge in [-0.05, 0) is 42.8 Å². The van der Waals surface area contributed by atoms with Crippen molar-refractivity contribution in [3.8, 4) is 0 Å². The normalized spacial score (nSPS) is 12.2. The van der Waals surface area contributed by atoms with Crippen LogP contribution in [0.1, 0.15) is 18.5 Å². The van der Waals surface area contributed by atoms with E-state index in [4.69, 9.17) is 11.6 Å². The van der Waals surface area contributed by atoms with Gasteiger partial charge in [-0.3, -0.25) is 0 Å². The van der Waals surface area contributed by atoms with Crippen LogP contribution in [0.25, 0.3) is 0 Å². The first kappa shape index (κ1) is 11.9. The zero-order valence-electron chi connectivity index (χ0n) is 9.45. The standard InChI is InChI=1S/C14H13ClFN/c1-10(13-4-2-3-5-14(13)15)17-12-8-6-11(16)7-9-12/h2-10,17H,1H3. The van der Waals surface area contributed by atoms with Crippen molar-refractivity contribution in [3.05, 3.63) is 64.9 Å². The second-order valence-electron chi connectivity index (χ2n) is 3.89. The molecule has 17 heavy (non-hydrogen) atoms. The van der Waals surface area contributed by atoms with Crippen LogP contribution in [0.2, 0.25) is 5.02 Å². The smallest absolute Gasteiger partial charge is 0.123 e. The Morgan fingerprint density at radius 3 is 2.35 bits per heavy atom. The number of halogens is 2. The lowest BCUT2D eigenvalue weighted by atomic mass is 10.1. The number of anilines is 1. The number of benzene rings is 2. The molecular formula is C14H13ClFN.